The fraction of sp³-hybridized carbons (Fsp3) is 0. The van der Waals surface area contributed by atoms with Gasteiger partial charge in [-0.25, -0.2) is 0 Å². The van der Waals surface area contributed by atoms with E-state index >= 15 is 0 Å². The van der Waals surface area contributed by atoms with Crippen molar-refractivity contribution in [3.63, 3.8) is 0 Å². The highest BCUT2D eigenvalue weighted by molar-refractivity contribution is 6.33. The number of fused-ring (bicyclic) bond motifs is 26. The molecule has 0 fully saturated rings. The average Bonchev–Trinajstić information content (AvgIpc) is 0.785. The highest BCUT2D eigenvalue weighted by atomic mass is 16.3. The predicted octanol–water partition coefficient (Wildman–Crippen LogP) is 28.0. The fourth-order valence-corrected chi connectivity index (χ4v) is 16.1. The second-order valence-corrected chi connectivity index (χ2v) is 25.5. The molecule has 462 valence electrons. The minimum atomic E-state index is -0.460. The number of rotatable bonds is 4. The van der Waals surface area contributed by atoms with E-state index in [1.54, 1.807) is 12.1 Å². The SMILES string of the molecule is [2H]c1c([2H])c([2H])c2c(-c3cc4oc5ccc6ccccc6c5c4c4ccccc34)c3c([2H])c([2H])c([2H])c([2H])c3c(-c3cc4oc5ccccc5c4c4ccccc34)c2c1[2H].[2H]c1c([2H])c([2H])c2c(-c3ccc4c(c3)oc3ccc5ccccc5c34)c3c([2H])c([2H])c([2H])c([2H])c3c(-c3ccc4c(c3)oc3c5ccccc5ccc43)c2c1[2H]. The molecule has 0 amide bonds. The standard InChI is InChI=1S/C50H28O2.C46H26O2/c1-2-14-30-29(13-1)25-26-43-49(30)50-34-18-6-4-16-32(34)41(28-45(50)52-43)47-37-21-9-7-19-35(37)46(36-20-8-10-22-38(36)47)40-27-44-48(33-17-5-3-15-31(33)40)39-23-11-12-24-42(39)51-44;1-3-11-31-27(9-1)20-24-40-45(31)39-23-19-30(26-42(39)47-40)44-36-15-7-5-13-34(36)43(35-14-6-8-16-37(35)44)29-18-21-33-38-22-17-28-10-2-4-12-32(28)46(38)48-41(33)25-29/h1-28H;1-26H/i7D,8D,9D,10D,19D,20D,21D,22D;5D,6D,7D,8D,13D,14D,15D,16D. The first-order valence-electron chi connectivity index (χ1n) is 41.0. The van der Waals surface area contributed by atoms with Crippen LogP contribution in [0.3, 0.4) is 0 Å². The molecule has 19 aromatic carbocycles. The van der Waals surface area contributed by atoms with Gasteiger partial charge in [-0.1, -0.05) is 267 Å². The second-order valence-electron chi connectivity index (χ2n) is 25.5. The van der Waals surface area contributed by atoms with Gasteiger partial charge < -0.3 is 17.7 Å². The van der Waals surface area contributed by atoms with Crippen LogP contribution in [-0.4, -0.2) is 0 Å². The second kappa shape index (κ2) is 21.1. The van der Waals surface area contributed by atoms with Gasteiger partial charge >= 0.3 is 0 Å². The van der Waals surface area contributed by atoms with Gasteiger partial charge in [0.05, 0.1) is 21.9 Å². The third-order valence-corrected chi connectivity index (χ3v) is 20.3. The molecule has 0 atom stereocenters. The average molecular weight is 1290 g/mol. The molecule has 0 spiro atoms. The highest BCUT2D eigenvalue weighted by Crippen LogP contribution is 2.52. The lowest BCUT2D eigenvalue weighted by atomic mass is 9.83. The molecule has 100 heavy (non-hydrogen) atoms. The Kier molecular flexibility index (Phi) is 8.79. The summed E-state index contributed by atoms with van der Waals surface area (Å²) in [5, 5.41) is 17.4. The maximum absolute atomic E-state index is 9.66. The van der Waals surface area contributed by atoms with E-state index < -0.39 is 48.3 Å². The van der Waals surface area contributed by atoms with E-state index in [0.29, 0.717) is 66.9 Å². The largest absolute Gasteiger partial charge is 0.456 e. The van der Waals surface area contributed by atoms with Crippen LogP contribution in [0, 0.1) is 0 Å². The van der Waals surface area contributed by atoms with Crippen LogP contribution in [0.5, 0.6) is 0 Å². The zero-order valence-corrected chi connectivity index (χ0v) is 52.6. The molecule has 0 unspecified atom stereocenters. The molecule has 4 heteroatoms. The van der Waals surface area contributed by atoms with Crippen molar-refractivity contribution < 1.29 is 39.6 Å². The third kappa shape index (κ3) is 7.93. The van der Waals surface area contributed by atoms with Crippen LogP contribution in [0.15, 0.2) is 345 Å². The van der Waals surface area contributed by atoms with Gasteiger partial charge in [0.1, 0.15) is 44.7 Å². The van der Waals surface area contributed by atoms with E-state index in [4.69, 9.17) is 28.6 Å². The number of hydrogen-bond acceptors (Lipinski definition) is 4. The molecule has 4 heterocycles. The monoisotopic (exact) mass is 1290 g/mol. The lowest BCUT2D eigenvalue weighted by Gasteiger charge is -2.20. The van der Waals surface area contributed by atoms with Gasteiger partial charge in [-0.3, -0.25) is 0 Å². The van der Waals surface area contributed by atoms with E-state index in [0.717, 1.165) is 97.0 Å². The van der Waals surface area contributed by atoms with Crippen LogP contribution >= 0.6 is 0 Å². The van der Waals surface area contributed by atoms with Crippen LogP contribution in [-0.2, 0) is 0 Å². The maximum Gasteiger partial charge on any atom is 0.143 e. The molecule has 23 rings (SSSR count). The van der Waals surface area contributed by atoms with Gasteiger partial charge in [-0.05, 0) is 197 Å². The molecule has 0 bridgehead atoms. The zero-order chi connectivity index (χ0) is 79.2. The predicted molar refractivity (Wildman–Crippen MR) is 421 cm³/mol. The summed E-state index contributed by atoms with van der Waals surface area (Å²) < 4.78 is 174. The molecule has 4 nitrogen and oxygen atoms in total. The molecule has 0 radical (unpaired) electrons. The molecular weight excluding hydrogens is 1220 g/mol. The minimum Gasteiger partial charge on any atom is -0.456 e. The van der Waals surface area contributed by atoms with E-state index in [1.807, 2.05) is 206 Å². The first-order chi connectivity index (χ1) is 56.3. The summed E-state index contributed by atoms with van der Waals surface area (Å²) in [6, 6.07) is 67.7. The molecule has 0 N–H and O–H groups in total. The van der Waals surface area contributed by atoms with Gasteiger partial charge in [0.2, 0.25) is 0 Å². The van der Waals surface area contributed by atoms with Crippen molar-refractivity contribution in [2.45, 2.75) is 0 Å². The number of benzene rings is 19. The number of para-hydroxylation sites is 1. The topological polar surface area (TPSA) is 52.6 Å². The van der Waals surface area contributed by atoms with Gasteiger partial charge in [-0.2, -0.15) is 0 Å². The van der Waals surface area contributed by atoms with Crippen molar-refractivity contribution in [3.8, 4) is 44.5 Å². The highest BCUT2D eigenvalue weighted by Gasteiger charge is 2.26. The summed E-state index contributed by atoms with van der Waals surface area (Å²) in [5.74, 6) is 0. The number of furan rings is 4. The van der Waals surface area contributed by atoms with Gasteiger partial charge in [-0.15, -0.1) is 0 Å². The van der Waals surface area contributed by atoms with Crippen molar-refractivity contribution in [1.29, 1.82) is 0 Å². The quantitative estimate of drug-likeness (QED) is 0.165. The van der Waals surface area contributed by atoms with Gasteiger partial charge in [0.25, 0.3) is 0 Å². The third-order valence-electron chi connectivity index (χ3n) is 20.3. The Labute approximate surface area is 593 Å². The van der Waals surface area contributed by atoms with Crippen LogP contribution in [0.2, 0.25) is 0 Å². The Hall–Kier alpha value is -13.3. The van der Waals surface area contributed by atoms with Crippen LogP contribution in [0.25, 0.3) is 229 Å². The van der Waals surface area contributed by atoms with E-state index in [-0.39, 0.29) is 114 Å². The molecule has 0 aliphatic rings. The fourth-order valence-electron chi connectivity index (χ4n) is 16.1. The lowest BCUT2D eigenvalue weighted by Crippen LogP contribution is -1.93. The molecule has 0 aliphatic heterocycles. The smallest absolute Gasteiger partial charge is 0.143 e. The molecule has 0 saturated carbocycles. The van der Waals surface area contributed by atoms with Crippen molar-refractivity contribution in [1.82, 2.24) is 0 Å². The molecule has 0 aliphatic carbocycles. The summed E-state index contributed by atoms with van der Waals surface area (Å²) in [7, 11) is 0. The Bertz CT molecular complexity index is 8250. The summed E-state index contributed by atoms with van der Waals surface area (Å²) in [5.41, 5.74) is 7.91. The van der Waals surface area contributed by atoms with E-state index in [1.165, 1.54) is 0 Å². The van der Waals surface area contributed by atoms with Crippen LogP contribution < -0.4 is 0 Å². The summed E-state index contributed by atoms with van der Waals surface area (Å²) >= 11 is 0. The molecule has 23 aromatic rings. The van der Waals surface area contributed by atoms with Crippen LogP contribution in [0.1, 0.15) is 21.9 Å². The normalized spacial score (nSPS) is 14.4. The van der Waals surface area contributed by atoms with E-state index in [9.17, 15) is 11.0 Å². The Morgan fingerprint density at radius 3 is 1.08 bits per heavy atom. The molecular formula is C96H54O4. The minimum absolute atomic E-state index is 0.133. The van der Waals surface area contributed by atoms with Crippen LogP contribution in [0.4, 0.5) is 0 Å². The Morgan fingerprint density at radius 2 is 0.530 bits per heavy atom. The van der Waals surface area contributed by atoms with E-state index in [2.05, 4.69) is 12.1 Å². The number of hydrogen-bond donors (Lipinski definition) is 0. The van der Waals surface area contributed by atoms with Gasteiger partial charge in [0.15, 0.2) is 0 Å². The van der Waals surface area contributed by atoms with Crippen molar-refractivity contribution in [2.75, 3.05) is 0 Å². The summed E-state index contributed by atoms with van der Waals surface area (Å²) in [6.07, 6.45) is 0. The molecule has 0 saturated heterocycles. The van der Waals surface area contributed by atoms with Crippen molar-refractivity contribution in [2.24, 2.45) is 0 Å². The van der Waals surface area contributed by atoms with Gasteiger partial charge in [0, 0.05) is 48.5 Å². The van der Waals surface area contributed by atoms with Crippen molar-refractivity contribution in [3.05, 3.63) is 327 Å². The lowest BCUT2D eigenvalue weighted by molar-refractivity contribution is 0.669. The summed E-state index contributed by atoms with van der Waals surface area (Å²) in [6.45, 7) is 0. The Balaban J connectivity index is 0.000000141. The first-order valence-corrected chi connectivity index (χ1v) is 33.0. The maximum atomic E-state index is 9.66. The zero-order valence-electron chi connectivity index (χ0n) is 68.6. The molecule has 4 aromatic heterocycles. The summed E-state index contributed by atoms with van der Waals surface area (Å²) in [4.78, 5) is 0. The van der Waals surface area contributed by atoms with Crippen molar-refractivity contribution >= 4 is 185 Å². The Morgan fingerprint density at radius 1 is 0.190 bits per heavy atom. The first kappa shape index (κ1) is 41.6.